The topological polar surface area (TPSA) is 106 Å². The molecule has 0 amide bonds. The third-order valence-electron chi connectivity index (χ3n) is 4.48. The van der Waals surface area contributed by atoms with Crippen LogP contribution < -0.4 is 10.2 Å². The van der Waals surface area contributed by atoms with Crippen LogP contribution in [0, 0.1) is 0 Å². The molecule has 0 bridgehead atoms. The Morgan fingerprint density at radius 1 is 0.548 bits per heavy atom. The molecule has 6 aromatic rings. The molecule has 4 aromatic heterocycles. The second kappa shape index (κ2) is 9.36. The number of hydrogen-bond donors (Lipinski definition) is 0. The van der Waals surface area contributed by atoms with E-state index < -0.39 is 0 Å². The van der Waals surface area contributed by atoms with Crippen molar-refractivity contribution in [3.63, 3.8) is 0 Å². The predicted octanol–water partition coefficient (Wildman–Crippen LogP) is 3.30. The average Bonchev–Trinajstić information content (AvgIpc) is 3.45. The molecule has 0 saturated carbocycles. The number of aromatic nitrogens is 8. The summed E-state index contributed by atoms with van der Waals surface area (Å²) in [5.74, 6) is 0. The molecule has 6 rings (SSSR count). The molecule has 0 aliphatic rings. The first-order valence-corrected chi connectivity index (χ1v) is 9.19. The van der Waals surface area contributed by atoms with Gasteiger partial charge in [0.05, 0.1) is 11.4 Å². The summed E-state index contributed by atoms with van der Waals surface area (Å²) in [5, 5.41) is 18.5. The van der Waals surface area contributed by atoms with Gasteiger partial charge in [0.25, 0.3) is 0 Å². The van der Waals surface area contributed by atoms with Gasteiger partial charge in [0.15, 0.2) is 0 Å². The van der Waals surface area contributed by atoms with Crippen LogP contribution in [0.1, 0.15) is 0 Å². The zero-order valence-corrected chi connectivity index (χ0v) is 18.2. The second-order valence-electron chi connectivity index (χ2n) is 6.32. The number of fused-ring (bicyclic) bond motifs is 2. The van der Waals surface area contributed by atoms with Crippen molar-refractivity contribution in [1.82, 2.24) is 40.3 Å². The number of hydrogen-bond acceptors (Lipinski definition) is 6. The molecule has 9 heteroatoms. The summed E-state index contributed by atoms with van der Waals surface area (Å²) in [6.45, 7) is 0. The van der Waals surface area contributed by atoms with Gasteiger partial charge in [0, 0.05) is 23.4 Å². The molecule has 0 N–H and O–H groups in total. The Kier molecular flexibility index (Phi) is 6.19. The molecule has 2 aromatic carbocycles. The Labute approximate surface area is 191 Å². The monoisotopic (exact) mass is 585 g/mol. The first-order valence-electron chi connectivity index (χ1n) is 9.19. The Bertz CT molecular complexity index is 1290. The molecule has 0 aliphatic heterocycles. The molecule has 0 saturated heterocycles. The van der Waals surface area contributed by atoms with Gasteiger partial charge in [-0.1, -0.05) is 47.8 Å². The van der Waals surface area contributed by atoms with Crippen molar-refractivity contribution >= 4 is 21.8 Å². The van der Waals surface area contributed by atoms with Gasteiger partial charge in [-0.05, 0) is 35.0 Å². The van der Waals surface area contributed by atoms with Crippen LogP contribution in [0.2, 0.25) is 0 Å². The predicted molar refractivity (Wildman–Crippen MR) is 112 cm³/mol. The van der Waals surface area contributed by atoms with Crippen molar-refractivity contribution in [3.05, 3.63) is 85.7 Å². The smallest absolute Gasteiger partial charge is 0.573 e. The minimum atomic E-state index is 0. The average molecular weight is 585 g/mol. The maximum absolute atomic E-state index is 4.16. The molecule has 152 valence electrons. The first kappa shape index (κ1) is 20.5. The first-order chi connectivity index (χ1) is 14.9. The fraction of sp³-hybridized carbons (Fsp3) is 0. The van der Waals surface area contributed by atoms with Gasteiger partial charge in [-0.15, -0.1) is 0 Å². The van der Waals surface area contributed by atoms with Crippen molar-refractivity contribution in [2.24, 2.45) is 0 Å². The minimum absolute atomic E-state index is 0. The van der Waals surface area contributed by atoms with Crippen molar-refractivity contribution in [2.45, 2.75) is 0 Å². The van der Waals surface area contributed by atoms with Crippen molar-refractivity contribution in [1.29, 1.82) is 0 Å². The van der Waals surface area contributed by atoms with Gasteiger partial charge >= 0.3 is 21.1 Å². The summed E-state index contributed by atoms with van der Waals surface area (Å²) in [4.78, 5) is 16.1. The summed E-state index contributed by atoms with van der Waals surface area (Å²) in [6.07, 6.45) is 6.43. The fourth-order valence-electron chi connectivity index (χ4n) is 3.08. The van der Waals surface area contributed by atoms with E-state index in [0.717, 1.165) is 44.6 Å². The summed E-state index contributed by atoms with van der Waals surface area (Å²) < 4.78 is 0. The van der Waals surface area contributed by atoms with Gasteiger partial charge in [-0.3, -0.25) is 0 Å². The molecule has 31 heavy (non-hydrogen) atoms. The molecule has 0 atom stereocenters. The van der Waals surface area contributed by atoms with E-state index in [-0.39, 0.29) is 21.1 Å². The number of nitrogens with zero attached hydrogens (tertiary/aromatic N) is 8. The van der Waals surface area contributed by atoms with Crippen LogP contribution in [0.4, 0.5) is 0 Å². The van der Waals surface area contributed by atoms with E-state index >= 15 is 0 Å². The zero-order chi connectivity index (χ0) is 20.2. The quantitative estimate of drug-likeness (QED) is 0.305. The van der Waals surface area contributed by atoms with Gasteiger partial charge in [0.2, 0.25) is 0 Å². The molecule has 0 aliphatic carbocycles. The largest absolute Gasteiger partial charge is 2.00 e. The Morgan fingerprint density at radius 2 is 1.00 bits per heavy atom. The normalized spacial score (nSPS) is 10.3. The minimum Gasteiger partial charge on any atom is -0.573 e. The molecule has 8 nitrogen and oxygen atoms in total. The van der Waals surface area contributed by atoms with Gasteiger partial charge in [-0.25, -0.2) is 19.9 Å². The molecule has 0 fully saturated rings. The third-order valence-corrected chi connectivity index (χ3v) is 4.48. The van der Waals surface area contributed by atoms with Gasteiger partial charge < -0.3 is 20.4 Å². The summed E-state index contributed by atoms with van der Waals surface area (Å²) in [5.41, 5.74) is 5.02. The van der Waals surface area contributed by atoms with E-state index in [1.807, 2.05) is 60.7 Å². The summed E-state index contributed by atoms with van der Waals surface area (Å²) in [7, 11) is 0. The van der Waals surface area contributed by atoms with Crippen LogP contribution in [0.3, 0.4) is 0 Å². The molecule has 4 heterocycles. The zero-order valence-electron chi connectivity index (χ0n) is 16.0. The van der Waals surface area contributed by atoms with Crippen LogP contribution in [-0.4, -0.2) is 30.1 Å². The van der Waals surface area contributed by atoms with E-state index in [2.05, 4.69) is 40.3 Å². The molecule has 0 radical (unpaired) electrons. The van der Waals surface area contributed by atoms with E-state index in [0.29, 0.717) is 0 Å². The van der Waals surface area contributed by atoms with Gasteiger partial charge in [-0.2, -0.15) is 0 Å². The Balaban J connectivity index is 0.000000144. The number of rotatable bonds is 2. The van der Waals surface area contributed by atoms with E-state index in [9.17, 15) is 0 Å². The summed E-state index contributed by atoms with van der Waals surface area (Å²) >= 11 is 0. The van der Waals surface area contributed by atoms with Gasteiger partial charge in [0.1, 0.15) is 12.7 Å². The second-order valence-corrected chi connectivity index (χ2v) is 6.32. The van der Waals surface area contributed by atoms with Crippen molar-refractivity contribution in [3.8, 4) is 22.8 Å². The summed E-state index contributed by atoms with van der Waals surface area (Å²) in [6, 6.07) is 19.3. The standard InChI is InChI=1S/2C11H7N4.Pt/c2*1-2-4-9-8(3-1)11(15-14-9)10-5-6-12-7-13-10;/h2*1-7H;/q2*-1;+2. The maximum atomic E-state index is 4.16. The van der Waals surface area contributed by atoms with Crippen LogP contribution in [0.25, 0.3) is 44.6 Å². The SMILES string of the molecule is [Pt+2].c1ccc2c(-c3ccncn3)[n-]nc2c1.c1ccc2c(-c3ccncn3)[n-]nc2c1. The van der Waals surface area contributed by atoms with E-state index in [1.54, 1.807) is 12.4 Å². The molecular weight excluding hydrogens is 571 g/mol. The van der Waals surface area contributed by atoms with Crippen LogP contribution >= 0.6 is 0 Å². The Hall–Kier alpha value is -3.77. The molecular formula is C22H14N8Pt. The molecule has 0 spiro atoms. The number of benzene rings is 2. The van der Waals surface area contributed by atoms with E-state index in [4.69, 9.17) is 0 Å². The Morgan fingerprint density at radius 3 is 1.42 bits per heavy atom. The van der Waals surface area contributed by atoms with Crippen molar-refractivity contribution in [2.75, 3.05) is 0 Å². The molecule has 0 unspecified atom stereocenters. The van der Waals surface area contributed by atoms with E-state index in [1.165, 1.54) is 12.7 Å². The maximum Gasteiger partial charge on any atom is 2.00 e. The van der Waals surface area contributed by atoms with Crippen LogP contribution in [0.5, 0.6) is 0 Å². The van der Waals surface area contributed by atoms with Crippen LogP contribution in [-0.2, 0) is 21.1 Å². The third kappa shape index (κ3) is 4.24. The van der Waals surface area contributed by atoms with Crippen LogP contribution in [0.15, 0.2) is 85.7 Å². The fourth-order valence-corrected chi connectivity index (χ4v) is 3.08. The van der Waals surface area contributed by atoms with Crippen molar-refractivity contribution < 1.29 is 21.1 Å².